The first-order valence-corrected chi connectivity index (χ1v) is 11.2. The second kappa shape index (κ2) is 8.59. The average molecular weight is 452 g/mol. The molecule has 3 aromatic rings. The largest absolute Gasteiger partial charge is 0.508 e. The van der Waals surface area contributed by atoms with Gasteiger partial charge in [0.05, 0.1) is 23.0 Å². The van der Waals surface area contributed by atoms with Crippen molar-refractivity contribution < 1.29 is 28.9 Å². The van der Waals surface area contributed by atoms with Gasteiger partial charge in [0.15, 0.2) is 0 Å². The highest BCUT2D eigenvalue weighted by Gasteiger charge is 2.37. The molecule has 1 saturated heterocycles. The second-order valence-corrected chi connectivity index (χ2v) is 8.80. The van der Waals surface area contributed by atoms with Gasteiger partial charge in [-0.15, -0.1) is 0 Å². The predicted molar refractivity (Wildman–Crippen MR) is 119 cm³/mol. The van der Waals surface area contributed by atoms with Crippen molar-refractivity contribution in [1.82, 2.24) is 9.97 Å². The van der Waals surface area contributed by atoms with E-state index in [0.29, 0.717) is 48.7 Å². The Kier molecular flexibility index (Phi) is 5.62. The summed E-state index contributed by atoms with van der Waals surface area (Å²) in [6.07, 6.45) is 2.17. The third-order valence-electron chi connectivity index (χ3n) is 6.59. The number of carboxylic acids is 1. The Morgan fingerprint density at radius 2 is 1.88 bits per heavy atom. The highest BCUT2D eigenvalue weighted by atomic mass is 19.1. The van der Waals surface area contributed by atoms with E-state index in [1.807, 2.05) is 0 Å². The fourth-order valence-corrected chi connectivity index (χ4v) is 4.62. The number of fused-ring (bicyclic) bond motifs is 1. The molecule has 2 fully saturated rings. The number of aromatic hydroxyl groups is 1. The highest BCUT2D eigenvalue weighted by molar-refractivity contribution is 6.00. The molecule has 0 atom stereocenters. The van der Waals surface area contributed by atoms with Gasteiger partial charge < -0.3 is 19.7 Å². The third kappa shape index (κ3) is 4.11. The molecule has 1 saturated carbocycles. The molecule has 172 valence electrons. The van der Waals surface area contributed by atoms with Crippen molar-refractivity contribution in [2.45, 2.75) is 44.6 Å². The molecule has 0 spiro atoms. The molecule has 0 bridgehead atoms. The van der Waals surface area contributed by atoms with Gasteiger partial charge >= 0.3 is 5.97 Å². The molecule has 8 heteroatoms. The van der Waals surface area contributed by atoms with Crippen molar-refractivity contribution in [1.29, 1.82) is 0 Å². The highest BCUT2D eigenvalue weighted by Crippen LogP contribution is 2.43. The number of pyridine rings is 2. The number of rotatable bonds is 5. The van der Waals surface area contributed by atoms with Crippen molar-refractivity contribution in [3.8, 4) is 22.9 Å². The van der Waals surface area contributed by atoms with Crippen LogP contribution in [0.5, 0.6) is 11.6 Å². The smallest absolute Gasteiger partial charge is 0.306 e. The Balaban J connectivity index is 1.67. The monoisotopic (exact) mass is 452 g/mol. The van der Waals surface area contributed by atoms with E-state index in [-0.39, 0.29) is 23.6 Å². The number of hydrogen-bond acceptors (Lipinski definition) is 6. The molecule has 2 aromatic heterocycles. The second-order valence-electron chi connectivity index (χ2n) is 8.80. The number of halogens is 1. The van der Waals surface area contributed by atoms with E-state index in [4.69, 9.17) is 14.5 Å². The lowest BCUT2D eigenvalue weighted by molar-refractivity contribution is -0.148. The Hall–Kier alpha value is -3.26. The molecule has 3 heterocycles. The Labute approximate surface area is 190 Å². The summed E-state index contributed by atoms with van der Waals surface area (Å²) in [5.74, 6) is -1.05. The summed E-state index contributed by atoms with van der Waals surface area (Å²) in [6, 6.07) is 8.06. The minimum Gasteiger partial charge on any atom is -0.508 e. The number of aromatic nitrogens is 2. The minimum absolute atomic E-state index is 0.0687. The van der Waals surface area contributed by atoms with Gasteiger partial charge in [0.1, 0.15) is 17.7 Å². The van der Waals surface area contributed by atoms with Crippen molar-refractivity contribution in [2.75, 3.05) is 13.2 Å². The molecule has 0 amide bonds. The van der Waals surface area contributed by atoms with Crippen LogP contribution in [0.25, 0.3) is 22.0 Å². The molecule has 1 aliphatic heterocycles. The fraction of sp³-hybridized carbons (Fsp3) is 0.400. The van der Waals surface area contributed by atoms with E-state index in [1.54, 1.807) is 31.2 Å². The van der Waals surface area contributed by atoms with Crippen LogP contribution >= 0.6 is 0 Å². The average Bonchev–Trinajstić information content (AvgIpc) is 2.77. The topological polar surface area (TPSA) is 102 Å². The summed E-state index contributed by atoms with van der Waals surface area (Å²) in [6.45, 7) is 2.87. The normalized spacial score (nSPS) is 21.0. The van der Waals surface area contributed by atoms with Crippen LogP contribution < -0.4 is 4.74 Å². The van der Waals surface area contributed by atoms with E-state index in [0.717, 1.165) is 29.5 Å². The van der Waals surface area contributed by atoms with E-state index >= 15 is 0 Å². The van der Waals surface area contributed by atoms with Crippen molar-refractivity contribution in [3.63, 3.8) is 0 Å². The van der Waals surface area contributed by atoms with E-state index in [1.165, 1.54) is 6.07 Å². The summed E-state index contributed by atoms with van der Waals surface area (Å²) in [4.78, 5) is 20.6. The zero-order valence-electron chi connectivity index (χ0n) is 18.3. The molecule has 1 aromatic carbocycles. The first kappa shape index (κ1) is 21.6. The number of phenols is 1. The lowest BCUT2D eigenvalue weighted by Gasteiger charge is -2.33. The van der Waals surface area contributed by atoms with Crippen molar-refractivity contribution in [3.05, 3.63) is 47.5 Å². The first-order chi connectivity index (χ1) is 15.9. The standard InChI is InChI=1S/C25H25FN2O5/c1-13-20(26)4-5-21(27-13)22-18-3-2-16(29)12-19(18)24(33-17-10-15(11-17)25(30)31)28-23(22)14-6-8-32-9-7-14/h2-5,12,14-15,17,29H,6-11H2,1H3,(H,30,31). The zero-order valence-corrected chi connectivity index (χ0v) is 18.3. The number of aliphatic carboxylic acids is 1. The van der Waals surface area contributed by atoms with Crippen LogP contribution in [0.4, 0.5) is 4.39 Å². The number of carbonyl (C=O) groups is 1. The van der Waals surface area contributed by atoms with Crippen molar-refractivity contribution in [2.24, 2.45) is 5.92 Å². The maximum Gasteiger partial charge on any atom is 0.306 e. The number of benzene rings is 1. The summed E-state index contributed by atoms with van der Waals surface area (Å²) < 4.78 is 25.7. The van der Waals surface area contributed by atoms with Crippen LogP contribution in [-0.2, 0) is 9.53 Å². The lowest BCUT2D eigenvalue weighted by Crippen LogP contribution is -2.38. The molecule has 33 heavy (non-hydrogen) atoms. The molecule has 5 rings (SSSR count). The summed E-state index contributed by atoms with van der Waals surface area (Å²) in [5, 5.41) is 20.8. The van der Waals surface area contributed by atoms with Crippen LogP contribution in [0.1, 0.15) is 43.0 Å². The van der Waals surface area contributed by atoms with E-state index in [2.05, 4.69) is 4.98 Å². The summed E-state index contributed by atoms with van der Waals surface area (Å²) in [5.41, 5.74) is 2.51. The van der Waals surface area contributed by atoms with Crippen LogP contribution in [0, 0.1) is 18.7 Å². The molecule has 7 nitrogen and oxygen atoms in total. The maximum atomic E-state index is 14.0. The summed E-state index contributed by atoms with van der Waals surface area (Å²) >= 11 is 0. The molecular weight excluding hydrogens is 427 g/mol. The quantitative estimate of drug-likeness (QED) is 0.584. The molecule has 0 unspecified atom stereocenters. The van der Waals surface area contributed by atoms with Gasteiger partial charge in [0, 0.05) is 30.1 Å². The number of nitrogens with zero attached hydrogens (tertiary/aromatic N) is 2. The minimum atomic E-state index is -0.818. The van der Waals surface area contributed by atoms with Crippen LogP contribution in [0.2, 0.25) is 0 Å². The molecule has 2 N–H and O–H groups in total. The van der Waals surface area contributed by atoms with Gasteiger partial charge in [-0.1, -0.05) is 0 Å². The van der Waals surface area contributed by atoms with Crippen molar-refractivity contribution >= 4 is 16.7 Å². The fourth-order valence-electron chi connectivity index (χ4n) is 4.62. The molecule has 2 aliphatic rings. The Morgan fingerprint density at radius 3 is 2.58 bits per heavy atom. The van der Waals surface area contributed by atoms with Gasteiger partial charge in [-0.25, -0.2) is 14.4 Å². The number of phenolic OH excluding ortho intramolecular Hbond substituents is 1. The van der Waals surface area contributed by atoms with Crippen LogP contribution in [0.3, 0.4) is 0 Å². The number of hydrogen-bond donors (Lipinski definition) is 2. The third-order valence-corrected chi connectivity index (χ3v) is 6.59. The van der Waals surface area contributed by atoms with E-state index in [9.17, 15) is 19.4 Å². The number of aryl methyl sites for hydroxylation is 1. The zero-order chi connectivity index (χ0) is 23.1. The number of carboxylic acid groups (broad SMARTS) is 1. The van der Waals surface area contributed by atoms with Crippen LogP contribution in [0.15, 0.2) is 30.3 Å². The molecule has 1 aliphatic carbocycles. The SMILES string of the molecule is Cc1nc(-c2c(C3CCOCC3)nc(OC3CC(C(=O)O)C3)c3cc(O)ccc23)ccc1F. The number of ether oxygens (including phenoxy) is 2. The lowest BCUT2D eigenvalue weighted by atomic mass is 9.82. The van der Waals surface area contributed by atoms with Crippen LogP contribution in [-0.4, -0.2) is 45.5 Å². The van der Waals surface area contributed by atoms with Gasteiger partial charge in [0.2, 0.25) is 5.88 Å². The predicted octanol–water partition coefficient (Wildman–Crippen LogP) is 4.59. The molecule has 0 radical (unpaired) electrons. The van der Waals surface area contributed by atoms with Gasteiger partial charge in [0.25, 0.3) is 0 Å². The maximum absolute atomic E-state index is 14.0. The Morgan fingerprint density at radius 1 is 1.12 bits per heavy atom. The molecular formula is C25H25FN2O5. The van der Waals surface area contributed by atoms with Gasteiger partial charge in [-0.05, 0) is 68.3 Å². The first-order valence-electron chi connectivity index (χ1n) is 11.2. The van der Waals surface area contributed by atoms with E-state index < -0.39 is 11.9 Å². The van der Waals surface area contributed by atoms with Gasteiger partial charge in [-0.2, -0.15) is 0 Å². The summed E-state index contributed by atoms with van der Waals surface area (Å²) in [7, 11) is 0. The van der Waals surface area contributed by atoms with Gasteiger partial charge in [-0.3, -0.25) is 4.79 Å². The Bertz CT molecular complexity index is 1220.